The van der Waals surface area contributed by atoms with Crippen molar-refractivity contribution in [2.24, 2.45) is 5.92 Å². The second-order valence-corrected chi connectivity index (χ2v) is 10.0. The van der Waals surface area contributed by atoms with Crippen molar-refractivity contribution in [3.05, 3.63) is 48.0 Å². The highest BCUT2D eigenvalue weighted by Gasteiger charge is 2.35. The fourth-order valence-corrected chi connectivity index (χ4v) is 5.37. The molecule has 3 aliphatic heterocycles. The van der Waals surface area contributed by atoms with Gasteiger partial charge < -0.3 is 29.3 Å². The Bertz CT molecular complexity index is 1160. The first-order valence-electron chi connectivity index (χ1n) is 12.9. The highest BCUT2D eigenvalue weighted by Crippen LogP contribution is 2.32. The van der Waals surface area contributed by atoms with Crippen molar-refractivity contribution in [1.82, 2.24) is 10.2 Å². The van der Waals surface area contributed by atoms with E-state index in [4.69, 9.17) is 14.2 Å². The van der Waals surface area contributed by atoms with Crippen LogP contribution in [-0.4, -0.2) is 54.6 Å². The molecule has 2 aromatic carbocycles. The van der Waals surface area contributed by atoms with Gasteiger partial charge in [-0.15, -0.1) is 0 Å². The minimum absolute atomic E-state index is 0.00639. The van der Waals surface area contributed by atoms with Gasteiger partial charge in [-0.25, -0.2) is 0 Å². The summed E-state index contributed by atoms with van der Waals surface area (Å²) in [6.07, 6.45) is 3.34. The van der Waals surface area contributed by atoms with Crippen LogP contribution in [0.4, 0.5) is 5.69 Å². The zero-order valence-electron chi connectivity index (χ0n) is 21.3. The number of hydrogen-bond donors (Lipinski definition) is 1. The van der Waals surface area contributed by atoms with E-state index in [0.717, 1.165) is 24.8 Å². The Morgan fingerprint density at radius 3 is 2.51 bits per heavy atom. The zero-order valence-corrected chi connectivity index (χ0v) is 21.3. The predicted molar refractivity (Wildman–Crippen MR) is 136 cm³/mol. The molecule has 3 aliphatic rings. The molecule has 37 heavy (non-hydrogen) atoms. The van der Waals surface area contributed by atoms with Crippen molar-refractivity contribution in [1.29, 1.82) is 0 Å². The third-order valence-electron chi connectivity index (χ3n) is 7.39. The third kappa shape index (κ3) is 5.50. The van der Waals surface area contributed by atoms with Gasteiger partial charge in [0.2, 0.25) is 18.6 Å². The summed E-state index contributed by atoms with van der Waals surface area (Å²) in [5.41, 5.74) is 1.60. The first-order valence-corrected chi connectivity index (χ1v) is 12.9. The zero-order chi connectivity index (χ0) is 25.9. The number of carbonyl (C=O) groups excluding carboxylic acids is 3. The quantitative estimate of drug-likeness (QED) is 0.618. The smallest absolute Gasteiger partial charge is 0.260 e. The van der Waals surface area contributed by atoms with Crippen LogP contribution in [0, 0.1) is 5.92 Å². The van der Waals surface area contributed by atoms with Crippen molar-refractivity contribution in [3.8, 4) is 17.2 Å². The molecule has 2 saturated heterocycles. The van der Waals surface area contributed by atoms with Crippen LogP contribution >= 0.6 is 0 Å². The molecule has 1 N–H and O–H groups in total. The summed E-state index contributed by atoms with van der Waals surface area (Å²) in [5, 5.41) is 2.92. The summed E-state index contributed by atoms with van der Waals surface area (Å²) < 4.78 is 16.4. The van der Waals surface area contributed by atoms with Gasteiger partial charge in [-0.2, -0.15) is 0 Å². The maximum Gasteiger partial charge on any atom is 0.260 e. The van der Waals surface area contributed by atoms with Gasteiger partial charge in [0, 0.05) is 37.3 Å². The molecule has 3 atom stereocenters. The molecule has 9 heteroatoms. The van der Waals surface area contributed by atoms with Crippen LogP contribution in [0.1, 0.15) is 45.1 Å². The number of anilines is 1. The number of benzene rings is 2. The number of likely N-dealkylation sites (tertiary alicyclic amines) is 1. The van der Waals surface area contributed by atoms with Crippen LogP contribution in [0.5, 0.6) is 17.2 Å². The second kappa shape index (κ2) is 10.7. The highest BCUT2D eigenvalue weighted by molar-refractivity contribution is 6.00. The number of nitrogens with zero attached hydrogens (tertiary/aromatic N) is 2. The van der Waals surface area contributed by atoms with E-state index in [-0.39, 0.29) is 49.6 Å². The Kier molecular flexibility index (Phi) is 7.21. The minimum atomic E-state index is -0.427. The van der Waals surface area contributed by atoms with Crippen LogP contribution in [0.15, 0.2) is 42.5 Å². The van der Waals surface area contributed by atoms with Gasteiger partial charge in [0.25, 0.3) is 5.91 Å². The van der Waals surface area contributed by atoms with Crippen molar-refractivity contribution < 1.29 is 28.6 Å². The Balaban J connectivity index is 1.12. The van der Waals surface area contributed by atoms with E-state index in [9.17, 15) is 14.4 Å². The van der Waals surface area contributed by atoms with Crippen molar-refractivity contribution in [2.45, 2.75) is 58.2 Å². The van der Waals surface area contributed by atoms with Gasteiger partial charge in [0.1, 0.15) is 5.75 Å². The lowest BCUT2D eigenvalue weighted by atomic mass is 9.97. The summed E-state index contributed by atoms with van der Waals surface area (Å²) in [6.45, 7) is 5.02. The average molecular weight is 508 g/mol. The van der Waals surface area contributed by atoms with Gasteiger partial charge >= 0.3 is 0 Å². The maximum absolute atomic E-state index is 12.8. The van der Waals surface area contributed by atoms with Crippen molar-refractivity contribution >= 4 is 23.4 Å². The standard InChI is InChI=1S/C28H33N3O6/c1-18-4-3-5-19(2)31(18)27(33)16-35-23-9-7-22(8-10-23)30-15-21(13-26(30)32)28(34)29-14-20-6-11-24-25(12-20)37-17-36-24/h6-12,18-19,21H,3-5,13-17H2,1-2H3,(H,29,34)/t18-,19+,21-/m1/s1. The van der Waals surface area contributed by atoms with E-state index in [1.165, 1.54) is 0 Å². The molecule has 196 valence electrons. The molecule has 0 aromatic heterocycles. The largest absolute Gasteiger partial charge is 0.484 e. The molecule has 0 aliphatic carbocycles. The van der Waals surface area contributed by atoms with Crippen molar-refractivity contribution in [3.63, 3.8) is 0 Å². The first kappa shape index (κ1) is 24.9. The van der Waals surface area contributed by atoms with Gasteiger partial charge in [0.15, 0.2) is 18.1 Å². The Morgan fingerprint density at radius 1 is 1.03 bits per heavy atom. The van der Waals surface area contributed by atoms with E-state index in [0.29, 0.717) is 36.0 Å². The van der Waals surface area contributed by atoms with E-state index < -0.39 is 5.92 Å². The molecule has 0 spiro atoms. The Hall–Kier alpha value is -3.75. The van der Waals surface area contributed by atoms with Crippen LogP contribution < -0.4 is 24.4 Å². The van der Waals surface area contributed by atoms with E-state index in [1.54, 1.807) is 29.2 Å². The molecule has 0 radical (unpaired) electrons. The number of nitrogens with one attached hydrogen (secondary N) is 1. The monoisotopic (exact) mass is 507 g/mol. The number of amides is 3. The van der Waals surface area contributed by atoms with Crippen LogP contribution in [0.25, 0.3) is 0 Å². The lowest BCUT2D eigenvalue weighted by molar-refractivity contribution is -0.139. The molecular formula is C28H33N3O6. The van der Waals surface area contributed by atoms with E-state index in [2.05, 4.69) is 19.2 Å². The minimum Gasteiger partial charge on any atom is -0.484 e. The number of ether oxygens (including phenoxy) is 3. The summed E-state index contributed by atoms with van der Waals surface area (Å²) in [5.74, 6) is 1.24. The Morgan fingerprint density at radius 2 is 1.76 bits per heavy atom. The fourth-order valence-electron chi connectivity index (χ4n) is 5.37. The molecule has 0 saturated carbocycles. The molecule has 0 unspecified atom stereocenters. The molecule has 3 amide bonds. The lowest BCUT2D eigenvalue weighted by Crippen LogP contribution is -2.49. The van der Waals surface area contributed by atoms with Gasteiger partial charge in [-0.05, 0) is 75.1 Å². The van der Waals surface area contributed by atoms with Crippen LogP contribution in [0.2, 0.25) is 0 Å². The number of rotatable bonds is 7. The second-order valence-electron chi connectivity index (χ2n) is 10.0. The third-order valence-corrected chi connectivity index (χ3v) is 7.39. The SMILES string of the molecule is C[C@@H]1CCC[C@H](C)N1C(=O)COc1ccc(N2C[C@H](C(=O)NCc3ccc4c(c3)OCO4)CC2=O)cc1. The molecule has 2 aromatic rings. The number of carbonyl (C=O) groups is 3. The van der Waals surface area contributed by atoms with Gasteiger partial charge in [-0.1, -0.05) is 6.07 Å². The number of fused-ring (bicyclic) bond motifs is 1. The van der Waals surface area contributed by atoms with Gasteiger partial charge in [-0.3, -0.25) is 14.4 Å². The normalized spacial score (nSPS) is 22.8. The van der Waals surface area contributed by atoms with E-state index in [1.807, 2.05) is 23.1 Å². The van der Waals surface area contributed by atoms with Crippen molar-refractivity contribution in [2.75, 3.05) is 24.8 Å². The predicted octanol–water partition coefficient (Wildman–Crippen LogP) is 3.25. The Labute approximate surface area is 216 Å². The van der Waals surface area contributed by atoms with Gasteiger partial charge in [0.05, 0.1) is 5.92 Å². The number of hydrogen-bond acceptors (Lipinski definition) is 6. The average Bonchev–Trinajstić information content (AvgIpc) is 3.52. The molecule has 9 nitrogen and oxygen atoms in total. The molecule has 2 fully saturated rings. The summed E-state index contributed by atoms with van der Waals surface area (Å²) in [4.78, 5) is 41.7. The number of piperidine rings is 1. The van der Waals surface area contributed by atoms with Crippen LogP contribution in [-0.2, 0) is 20.9 Å². The summed E-state index contributed by atoms with van der Waals surface area (Å²) >= 11 is 0. The topological polar surface area (TPSA) is 97.4 Å². The summed E-state index contributed by atoms with van der Waals surface area (Å²) in [7, 11) is 0. The first-order chi connectivity index (χ1) is 17.9. The molecular weight excluding hydrogens is 474 g/mol. The fraction of sp³-hybridized carbons (Fsp3) is 0.464. The maximum atomic E-state index is 12.8. The molecule has 5 rings (SSSR count). The van der Waals surface area contributed by atoms with E-state index >= 15 is 0 Å². The molecule has 3 heterocycles. The summed E-state index contributed by atoms with van der Waals surface area (Å²) in [6, 6.07) is 13.1. The molecule has 0 bridgehead atoms. The highest BCUT2D eigenvalue weighted by atomic mass is 16.7. The lowest BCUT2D eigenvalue weighted by Gasteiger charge is -2.38. The van der Waals surface area contributed by atoms with Crippen LogP contribution in [0.3, 0.4) is 0 Å².